The van der Waals surface area contributed by atoms with E-state index in [4.69, 9.17) is 10.8 Å². The number of hydrogen-bond donors (Lipinski definition) is 1. The maximum atomic E-state index is 4.83. The smallest absolute Gasteiger partial charge is 0.205 e. The number of rotatable bonds is 4. The maximum Gasteiger partial charge on any atom is 0.205 e. The molecule has 2 N–H and O–H groups in total. The van der Waals surface area contributed by atoms with Gasteiger partial charge in [0.15, 0.2) is 5.75 Å². The van der Waals surface area contributed by atoms with Crippen molar-refractivity contribution >= 4 is 0 Å². The lowest BCUT2D eigenvalue weighted by molar-refractivity contribution is -0.211. The first kappa shape index (κ1) is 13.2. The number of nitrogens with two attached hydrogens (primary N) is 1. The number of tetrazole rings is 1. The molecule has 0 aliphatic carbocycles. The number of benzene rings is 2. The molecule has 0 atom stereocenters. The van der Waals surface area contributed by atoms with Gasteiger partial charge in [0.25, 0.3) is 0 Å². The van der Waals surface area contributed by atoms with Crippen LogP contribution in [0.2, 0.25) is 0 Å². The minimum atomic E-state index is 0.486. The standard InChI is InChI=1S/C14H13N5O2/c1-10-2-4-11(5-3-10)14-16-18-19(17-14)12-6-8-13(9-7-12)20-21-15/h2-9H,15H2,1H3. The molecule has 3 aromatic rings. The molecule has 3 rings (SSSR count). The summed E-state index contributed by atoms with van der Waals surface area (Å²) < 4.78 is 0. The minimum absolute atomic E-state index is 0.486. The molecule has 21 heavy (non-hydrogen) atoms. The Labute approximate surface area is 120 Å². The Kier molecular flexibility index (Phi) is 3.59. The summed E-state index contributed by atoms with van der Waals surface area (Å²) in [7, 11) is 0. The zero-order valence-electron chi connectivity index (χ0n) is 11.3. The van der Waals surface area contributed by atoms with Gasteiger partial charge >= 0.3 is 0 Å². The van der Waals surface area contributed by atoms with Crippen molar-refractivity contribution in [2.75, 3.05) is 0 Å². The summed E-state index contributed by atoms with van der Waals surface area (Å²) in [6.07, 6.45) is 0. The van der Waals surface area contributed by atoms with Crippen LogP contribution < -0.4 is 10.8 Å². The summed E-state index contributed by atoms with van der Waals surface area (Å²) in [5, 5.41) is 12.5. The fourth-order valence-corrected chi connectivity index (χ4v) is 1.83. The van der Waals surface area contributed by atoms with Crippen LogP contribution >= 0.6 is 0 Å². The average molecular weight is 283 g/mol. The van der Waals surface area contributed by atoms with Gasteiger partial charge in [-0.15, -0.1) is 15.0 Å². The topological polar surface area (TPSA) is 88.1 Å². The Morgan fingerprint density at radius 2 is 1.71 bits per heavy atom. The fraction of sp³-hybridized carbons (Fsp3) is 0.0714. The van der Waals surface area contributed by atoms with Gasteiger partial charge in [0.2, 0.25) is 5.82 Å². The van der Waals surface area contributed by atoms with E-state index in [2.05, 4.69) is 20.4 Å². The van der Waals surface area contributed by atoms with Gasteiger partial charge in [-0.2, -0.15) is 5.90 Å². The highest BCUT2D eigenvalue weighted by Gasteiger charge is 2.07. The highest BCUT2D eigenvalue weighted by Crippen LogP contribution is 2.17. The second-order valence-electron chi connectivity index (χ2n) is 4.44. The number of hydrogen-bond acceptors (Lipinski definition) is 6. The molecule has 0 amide bonds. The summed E-state index contributed by atoms with van der Waals surface area (Å²) in [5.74, 6) is 5.88. The number of aryl methyl sites for hydroxylation is 1. The van der Waals surface area contributed by atoms with Crippen molar-refractivity contribution in [2.24, 2.45) is 5.90 Å². The monoisotopic (exact) mass is 283 g/mol. The van der Waals surface area contributed by atoms with Crippen molar-refractivity contribution in [1.29, 1.82) is 0 Å². The lowest BCUT2D eigenvalue weighted by Gasteiger charge is -2.01. The summed E-state index contributed by atoms with van der Waals surface area (Å²) in [4.78, 5) is 10.2. The molecule has 7 nitrogen and oxygen atoms in total. The van der Waals surface area contributed by atoms with Gasteiger partial charge < -0.3 is 4.89 Å². The van der Waals surface area contributed by atoms with Gasteiger partial charge in [-0.1, -0.05) is 34.8 Å². The zero-order chi connectivity index (χ0) is 14.7. The molecule has 0 saturated heterocycles. The van der Waals surface area contributed by atoms with Gasteiger partial charge in [-0.25, -0.2) is 0 Å². The van der Waals surface area contributed by atoms with E-state index < -0.39 is 0 Å². The van der Waals surface area contributed by atoms with E-state index in [1.165, 1.54) is 10.4 Å². The van der Waals surface area contributed by atoms with E-state index in [1.807, 2.05) is 31.2 Å². The first-order valence-corrected chi connectivity index (χ1v) is 6.27. The van der Waals surface area contributed by atoms with Crippen molar-refractivity contribution in [1.82, 2.24) is 20.2 Å². The van der Waals surface area contributed by atoms with Crippen molar-refractivity contribution in [3.63, 3.8) is 0 Å². The second kappa shape index (κ2) is 5.70. The summed E-state index contributed by atoms with van der Waals surface area (Å²) in [5.41, 5.74) is 2.86. The lowest BCUT2D eigenvalue weighted by atomic mass is 10.1. The third-order valence-electron chi connectivity index (χ3n) is 2.94. The summed E-state index contributed by atoms with van der Waals surface area (Å²) in [6, 6.07) is 14.9. The third kappa shape index (κ3) is 2.88. The van der Waals surface area contributed by atoms with Crippen molar-refractivity contribution in [2.45, 2.75) is 6.92 Å². The van der Waals surface area contributed by atoms with Gasteiger partial charge in [-0.3, -0.25) is 0 Å². The van der Waals surface area contributed by atoms with Crippen LogP contribution in [0.3, 0.4) is 0 Å². The Morgan fingerprint density at radius 3 is 2.38 bits per heavy atom. The highest BCUT2D eigenvalue weighted by molar-refractivity contribution is 5.54. The molecule has 0 bridgehead atoms. The molecule has 7 heteroatoms. The van der Waals surface area contributed by atoms with Crippen LogP contribution in [-0.2, 0) is 4.99 Å². The van der Waals surface area contributed by atoms with Crippen LogP contribution in [0.1, 0.15) is 5.56 Å². The first-order valence-electron chi connectivity index (χ1n) is 6.27. The van der Waals surface area contributed by atoms with E-state index in [9.17, 15) is 0 Å². The molecule has 0 unspecified atom stereocenters. The minimum Gasteiger partial charge on any atom is -0.320 e. The van der Waals surface area contributed by atoms with E-state index in [1.54, 1.807) is 24.3 Å². The Bertz CT molecular complexity index is 722. The molecule has 0 fully saturated rings. The quantitative estimate of drug-likeness (QED) is 0.580. The Morgan fingerprint density at radius 1 is 1.00 bits per heavy atom. The van der Waals surface area contributed by atoms with Gasteiger partial charge in [0, 0.05) is 5.56 Å². The normalized spacial score (nSPS) is 10.6. The lowest BCUT2D eigenvalue weighted by Crippen LogP contribution is -2.03. The zero-order valence-corrected chi connectivity index (χ0v) is 11.3. The van der Waals surface area contributed by atoms with Crippen LogP contribution in [0.5, 0.6) is 5.75 Å². The molecule has 0 radical (unpaired) electrons. The molecule has 0 spiro atoms. The third-order valence-corrected chi connectivity index (χ3v) is 2.94. The largest absolute Gasteiger partial charge is 0.320 e. The molecule has 1 aromatic heterocycles. The number of nitrogens with zero attached hydrogens (tertiary/aromatic N) is 4. The van der Waals surface area contributed by atoms with E-state index >= 15 is 0 Å². The van der Waals surface area contributed by atoms with Crippen LogP contribution in [-0.4, -0.2) is 20.2 Å². The average Bonchev–Trinajstić information content (AvgIpc) is 2.99. The maximum absolute atomic E-state index is 4.83. The van der Waals surface area contributed by atoms with Crippen LogP contribution in [0.25, 0.3) is 17.1 Å². The summed E-state index contributed by atoms with van der Waals surface area (Å²) >= 11 is 0. The van der Waals surface area contributed by atoms with Crippen LogP contribution in [0.15, 0.2) is 48.5 Å². The van der Waals surface area contributed by atoms with E-state index in [0.29, 0.717) is 11.6 Å². The van der Waals surface area contributed by atoms with Crippen LogP contribution in [0, 0.1) is 6.92 Å². The molecular weight excluding hydrogens is 270 g/mol. The summed E-state index contributed by atoms with van der Waals surface area (Å²) in [6.45, 7) is 2.03. The van der Waals surface area contributed by atoms with Gasteiger partial charge in [0.1, 0.15) is 0 Å². The highest BCUT2D eigenvalue weighted by atomic mass is 17.3. The SMILES string of the molecule is Cc1ccc(-c2nnn(-c3ccc(OON)cc3)n2)cc1. The first-order chi connectivity index (χ1) is 10.3. The molecular formula is C14H13N5O2. The van der Waals surface area contributed by atoms with Gasteiger partial charge in [-0.05, 0) is 36.4 Å². The number of aromatic nitrogens is 4. The predicted molar refractivity (Wildman–Crippen MR) is 75.2 cm³/mol. The van der Waals surface area contributed by atoms with E-state index in [-0.39, 0.29) is 0 Å². The second-order valence-corrected chi connectivity index (χ2v) is 4.44. The Hall–Kier alpha value is -2.77. The molecule has 0 saturated carbocycles. The molecule has 0 aliphatic rings. The Balaban J connectivity index is 1.85. The van der Waals surface area contributed by atoms with Crippen LogP contribution in [0.4, 0.5) is 0 Å². The van der Waals surface area contributed by atoms with Crippen molar-refractivity contribution in [3.05, 3.63) is 54.1 Å². The molecule has 2 aromatic carbocycles. The molecule has 0 aliphatic heterocycles. The molecule has 1 heterocycles. The van der Waals surface area contributed by atoms with Crippen molar-refractivity contribution < 1.29 is 9.88 Å². The van der Waals surface area contributed by atoms with Gasteiger partial charge in [0.05, 0.1) is 5.69 Å². The van der Waals surface area contributed by atoms with E-state index in [0.717, 1.165) is 11.3 Å². The van der Waals surface area contributed by atoms with Crippen molar-refractivity contribution in [3.8, 4) is 22.8 Å². The molecule has 106 valence electrons. The fourth-order valence-electron chi connectivity index (χ4n) is 1.83. The predicted octanol–water partition coefficient (Wildman–Crippen LogP) is 1.82.